The minimum absolute atomic E-state index is 0.417. The van der Waals surface area contributed by atoms with Gasteiger partial charge in [0.25, 0.3) is 0 Å². The first-order chi connectivity index (χ1) is 14.3. The lowest BCUT2D eigenvalue weighted by molar-refractivity contribution is 0.237. The first-order valence-corrected chi connectivity index (χ1v) is 12.3. The Bertz CT molecular complexity index is 865. The van der Waals surface area contributed by atoms with Crippen molar-refractivity contribution in [3.63, 3.8) is 0 Å². The van der Waals surface area contributed by atoms with Crippen LogP contribution in [0.2, 0.25) is 0 Å². The molecule has 0 amide bonds. The van der Waals surface area contributed by atoms with Gasteiger partial charge in [-0.05, 0) is 68.9 Å². The van der Waals surface area contributed by atoms with Crippen molar-refractivity contribution in [1.29, 1.82) is 0 Å². The molecule has 0 aliphatic carbocycles. The van der Waals surface area contributed by atoms with Gasteiger partial charge in [0.05, 0.1) is 0 Å². The van der Waals surface area contributed by atoms with Crippen LogP contribution in [-0.2, 0) is 22.3 Å². The fourth-order valence-electron chi connectivity index (χ4n) is 3.74. The Labute approximate surface area is 185 Å². The van der Waals surface area contributed by atoms with E-state index in [1.54, 1.807) is 0 Å². The van der Waals surface area contributed by atoms with Crippen molar-refractivity contribution in [1.82, 2.24) is 4.90 Å². The van der Waals surface area contributed by atoms with E-state index in [0.29, 0.717) is 17.5 Å². The van der Waals surface area contributed by atoms with Gasteiger partial charge in [-0.25, -0.2) is 4.99 Å². The molecule has 1 aliphatic rings. The molecule has 0 bridgehead atoms. The average molecular weight is 428 g/mol. The number of nitrogens with zero attached hydrogens (tertiary/aromatic N) is 2. The van der Waals surface area contributed by atoms with Crippen LogP contribution in [0.1, 0.15) is 65.0 Å². The third-order valence-corrected chi connectivity index (χ3v) is 6.80. The Morgan fingerprint density at radius 1 is 1.23 bits per heavy atom. The van der Waals surface area contributed by atoms with Crippen LogP contribution >= 0.6 is 0 Å². The van der Waals surface area contributed by atoms with Gasteiger partial charge >= 0.3 is 0 Å². The number of benzene rings is 1. The fraction of sp³-hybridized carbons (Fsp3) is 0.480. The number of nitrogens with one attached hydrogen (secondary N) is 1. The summed E-state index contributed by atoms with van der Waals surface area (Å²) in [6.45, 7) is 19.6. The van der Waals surface area contributed by atoms with E-state index in [2.05, 4.69) is 63.2 Å². The van der Waals surface area contributed by atoms with Gasteiger partial charge in [-0.2, -0.15) is 0 Å². The molecule has 0 spiro atoms. The molecule has 1 aliphatic heterocycles. The highest BCUT2D eigenvalue weighted by Gasteiger charge is 2.20. The lowest BCUT2D eigenvalue weighted by atomic mass is 10.1. The van der Waals surface area contributed by atoms with Crippen molar-refractivity contribution in [2.75, 3.05) is 11.9 Å². The molecule has 1 unspecified atom stereocenters. The fourth-order valence-corrected chi connectivity index (χ4v) is 5.09. The van der Waals surface area contributed by atoms with E-state index >= 15 is 0 Å². The minimum Gasteiger partial charge on any atom is -0.353 e. The van der Waals surface area contributed by atoms with E-state index < -0.39 is 10.8 Å². The second-order valence-electron chi connectivity index (χ2n) is 8.12. The zero-order chi connectivity index (χ0) is 22.3. The maximum atomic E-state index is 11.8. The molecule has 1 heterocycles. The lowest BCUT2D eigenvalue weighted by Crippen LogP contribution is -2.35. The molecule has 1 N–H and O–H groups in total. The second kappa shape index (κ2) is 11.3. The molecule has 4 nitrogen and oxygen atoms in total. The number of fused-ring (bicyclic) bond motifs is 1. The molecule has 30 heavy (non-hydrogen) atoms. The van der Waals surface area contributed by atoms with E-state index in [0.717, 1.165) is 48.7 Å². The van der Waals surface area contributed by atoms with Gasteiger partial charge in [-0.3, -0.25) is 4.21 Å². The molecule has 0 saturated heterocycles. The van der Waals surface area contributed by atoms with Gasteiger partial charge in [0.15, 0.2) is 0 Å². The molecule has 0 fully saturated rings. The minimum atomic E-state index is -0.767. The molecule has 0 saturated carbocycles. The molecule has 1 aromatic rings. The summed E-state index contributed by atoms with van der Waals surface area (Å²) in [5.41, 5.74) is 5.59. The van der Waals surface area contributed by atoms with Gasteiger partial charge in [0.2, 0.25) is 0 Å². The number of rotatable bonds is 10. The van der Waals surface area contributed by atoms with Crippen molar-refractivity contribution in [2.24, 2.45) is 4.99 Å². The van der Waals surface area contributed by atoms with Crippen molar-refractivity contribution >= 4 is 22.3 Å². The summed E-state index contributed by atoms with van der Waals surface area (Å²) in [5, 5.41) is 3.43. The van der Waals surface area contributed by atoms with E-state index in [4.69, 9.17) is 4.99 Å². The SMILES string of the molecule is C=C/C(C)=C(\N=C(/C)Nc1ccc2c(c1)CS(=O)C2)N(CCC(=C)C)C(CC)CC. The molecule has 1 aromatic carbocycles. The Morgan fingerprint density at radius 3 is 2.50 bits per heavy atom. The summed E-state index contributed by atoms with van der Waals surface area (Å²) in [6.07, 6.45) is 4.94. The van der Waals surface area contributed by atoms with Crippen LogP contribution in [-0.4, -0.2) is 27.5 Å². The number of aliphatic imine (C=N–C) groups is 1. The van der Waals surface area contributed by atoms with Crippen LogP contribution in [0.15, 0.2) is 59.4 Å². The van der Waals surface area contributed by atoms with E-state index in [1.165, 1.54) is 16.7 Å². The van der Waals surface area contributed by atoms with Crippen LogP contribution in [0.5, 0.6) is 0 Å². The Kier molecular flexibility index (Phi) is 9.09. The van der Waals surface area contributed by atoms with Crippen molar-refractivity contribution in [3.8, 4) is 0 Å². The zero-order valence-electron chi connectivity index (χ0n) is 19.3. The normalized spacial score (nSPS) is 16.9. The highest BCUT2D eigenvalue weighted by molar-refractivity contribution is 7.83. The smallest absolute Gasteiger partial charge is 0.133 e. The monoisotopic (exact) mass is 427 g/mol. The van der Waals surface area contributed by atoms with Crippen molar-refractivity contribution in [2.45, 2.75) is 71.4 Å². The Balaban J connectivity index is 2.32. The van der Waals surface area contributed by atoms with Gasteiger partial charge in [-0.1, -0.05) is 38.1 Å². The summed E-state index contributed by atoms with van der Waals surface area (Å²) in [5.74, 6) is 3.11. The summed E-state index contributed by atoms with van der Waals surface area (Å²) < 4.78 is 11.8. The predicted octanol–water partition coefficient (Wildman–Crippen LogP) is 6.15. The molecular formula is C25H37N3OS. The number of anilines is 1. The Morgan fingerprint density at radius 2 is 1.90 bits per heavy atom. The van der Waals surface area contributed by atoms with Crippen LogP contribution in [0, 0.1) is 0 Å². The molecule has 5 heteroatoms. The lowest BCUT2D eigenvalue weighted by Gasteiger charge is -2.34. The number of amidine groups is 1. The third kappa shape index (κ3) is 6.43. The molecule has 164 valence electrons. The first kappa shape index (κ1) is 24.1. The molecule has 0 aromatic heterocycles. The maximum Gasteiger partial charge on any atom is 0.133 e. The average Bonchev–Trinajstić information content (AvgIpc) is 3.08. The number of hydrogen-bond donors (Lipinski definition) is 1. The zero-order valence-corrected chi connectivity index (χ0v) is 20.1. The second-order valence-corrected chi connectivity index (χ2v) is 9.57. The number of hydrogen-bond acceptors (Lipinski definition) is 3. The maximum absolute atomic E-state index is 11.8. The molecule has 0 radical (unpaired) electrons. The Hall–Kier alpha value is -2.14. The largest absolute Gasteiger partial charge is 0.353 e. The molecular weight excluding hydrogens is 390 g/mol. The highest BCUT2D eigenvalue weighted by Crippen LogP contribution is 2.26. The third-order valence-electron chi connectivity index (χ3n) is 5.53. The van der Waals surface area contributed by atoms with Crippen LogP contribution in [0.3, 0.4) is 0 Å². The summed E-state index contributed by atoms with van der Waals surface area (Å²) in [6, 6.07) is 6.64. The highest BCUT2D eigenvalue weighted by atomic mass is 32.2. The van der Waals surface area contributed by atoms with Crippen molar-refractivity contribution < 1.29 is 4.21 Å². The van der Waals surface area contributed by atoms with Crippen LogP contribution in [0.4, 0.5) is 5.69 Å². The van der Waals surface area contributed by atoms with Gasteiger partial charge in [0.1, 0.15) is 11.7 Å². The van der Waals surface area contributed by atoms with Gasteiger partial charge in [-0.15, -0.1) is 6.58 Å². The van der Waals surface area contributed by atoms with E-state index in [9.17, 15) is 4.21 Å². The van der Waals surface area contributed by atoms with Gasteiger partial charge < -0.3 is 10.2 Å². The molecule has 2 rings (SSSR count). The first-order valence-electron chi connectivity index (χ1n) is 10.8. The summed E-state index contributed by atoms with van der Waals surface area (Å²) in [7, 11) is -0.767. The number of allylic oxidation sites excluding steroid dienone is 2. The summed E-state index contributed by atoms with van der Waals surface area (Å²) >= 11 is 0. The summed E-state index contributed by atoms with van der Waals surface area (Å²) in [4.78, 5) is 7.40. The quantitative estimate of drug-likeness (QED) is 0.211. The van der Waals surface area contributed by atoms with Crippen LogP contribution in [0.25, 0.3) is 0 Å². The predicted molar refractivity (Wildman–Crippen MR) is 132 cm³/mol. The standard InChI is InChI=1S/C25H37N3OS/c1-8-19(6)25(28(14-13-18(4)5)24(9-2)10-3)27-20(7)26-23-12-11-21-16-30(29)17-22(21)15-23/h8,11-12,15,24H,1,4,9-10,13-14,16-17H2,2-3,5-7H3,(H,26,27)/b25-19+. The molecule has 1 atom stereocenters. The van der Waals surface area contributed by atoms with E-state index in [1.807, 2.05) is 19.1 Å². The van der Waals surface area contributed by atoms with Gasteiger partial charge in [0, 0.05) is 40.6 Å². The topological polar surface area (TPSA) is 44.7 Å². The van der Waals surface area contributed by atoms with Crippen LogP contribution < -0.4 is 5.32 Å². The van der Waals surface area contributed by atoms with E-state index in [-0.39, 0.29) is 0 Å². The van der Waals surface area contributed by atoms with Crippen molar-refractivity contribution in [3.05, 3.63) is 65.5 Å².